The van der Waals surface area contributed by atoms with Gasteiger partial charge in [0.15, 0.2) is 6.29 Å². The Kier molecular flexibility index (Phi) is 4.34. The predicted octanol–water partition coefficient (Wildman–Crippen LogP) is 0.823. The summed E-state index contributed by atoms with van der Waals surface area (Å²) in [5, 5.41) is 34.5. The Morgan fingerprint density at radius 2 is 1.75 bits per heavy atom. The summed E-state index contributed by atoms with van der Waals surface area (Å²) in [6, 6.07) is 5.36. The molecule has 132 valence electrons. The van der Waals surface area contributed by atoms with Crippen LogP contribution in [0.4, 0.5) is 13.2 Å². The average Bonchev–Trinajstić information content (AvgIpc) is 3.31. The molecule has 10 heteroatoms. The van der Waals surface area contributed by atoms with Crippen molar-refractivity contribution in [3.63, 3.8) is 0 Å². The molecule has 3 rings (SSSR count). The van der Waals surface area contributed by atoms with Crippen LogP contribution in [0.5, 0.6) is 0 Å². The van der Waals surface area contributed by atoms with Crippen LogP contribution in [0.1, 0.15) is 11.1 Å². The van der Waals surface area contributed by atoms with Crippen LogP contribution >= 0.6 is 0 Å². The van der Waals surface area contributed by atoms with Crippen molar-refractivity contribution in [2.75, 3.05) is 6.61 Å². The molecule has 1 fully saturated rings. The van der Waals surface area contributed by atoms with E-state index in [1.807, 2.05) is 0 Å². The number of hydrogen-bond acceptors (Lipinski definition) is 7. The molecule has 2 aliphatic heterocycles. The summed E-state index contributed by atoms with van der Waals surface area (Å²) in [6.45, 7) is -0.528. The van der Waals surface area contributed by atoms with E-state index in [-0.39, 0.29) is 12.2 Å². The summed E-state index contributed by atoms with van der Waals surface area (Å²) in [5.74, 6) is 0. The second kappa shape index (κ2) is 6.05. The molecule has 0 saturated carbocycles. The van der Waals surface area contributed by atoms with Gasteiger partial charge in [-0.2, -0.15) is 13.2 Å². The standard InChI is InChI=1S/C14H15F3N2O5/c15-14(16,17)13(18-19-13)8-3-1-7(2-4-8)6-23-12-11(22)10(21)9(5-20)24-12/h1-4,9-12,20-22H,5-6H2/t9-,10-,11-,12-/m1/s1. The third-order valence-corrected chi connectivity index (χ3v) is 3.96. The molecule has 2 heterocycles. The molecule has 0 bridgehead atoms. The first-order chi connectivity index (χ1) is 11.3. The lowest BCUT2D eigenvalue weighted by atomic mass is 10.0. The van der Waals surface area contributed by atoms with Crippen LogP contribution in [-0.2, 0) is 21.7 Å². The number of aliphatic hydroxyl groups is 3. The quantitative estimate of drug-likeness (QED) is 0.731. The highest BCUT2D eigenvalue weighted by Gasteiger charge is 2.65. The molecule has 0 aromatic heterocycles. The van der Waals surface area contributed by atoms with Gasteiger partial charge < -0.3 is 24.8 Å². The Hall–Kier alpha value is -1.59. The Morgan fingerprint density at radius 3 is 2.21 bits per heavy atom. The Bertz CT molecular complexity index is 616. The second-order valence-electron chi connectivity index (χ2n) is 5.58. The zero-order valence-electron chi connectivity index (χ0n) is 12.2. The van der Waals surface area contributed by atoms with Crippen LogP contribution in [0.15, 0.2) is 34.5 Å². The summed E-state index contributed by atoms with van der Waals surface area (Å²) < 4.78 is 49.1. The average molecular weight is 348 g/mol. The molecule has 2 aliphatic rings. The van der Waals surface area contributed by atoms with Gasteiger partial charge in [-0.25, -0.2) is 0 Å². The summed E-state index contributed by atoms with van der Waals surface area (Å²) in [7, 11) is 0. The maximum Gasteiger partial charge on any atom is 0.442 e. The second-order valence-corrected chi connectivity index (χ2v) is 5.58. The predicted molar refractivity (Wildman–Crippen MR) is 71.6 cm³/mol. The molecular formula is C14H15F3N2O5. The van der Waals surface area contributed by atoms with E-state index in [9.17, 15) is 23.4 Å². The molecule has 24 heavy (non-hydrogen) atoms. The van der Waals surface area contributed by atoms with Crippen LogP contribution in [0.3, 0.4) is 0 Å². The van der Waals surface area contributed by atoms with E-state index < -0.39 is 43.0 Å². The fraction of sp³-hybridized carbons (Fsp3) is 0.571. The molecule has 7 nitrogen and oxygen atoms in total. The van der Waals surface area contributed by atoms with Crippen LogP contribution in [0.25, 0.3) is 0 Å². The molecule has 0 unspecified atom stereocenters. The molecule has 0 aliphatic carbocycles. The van der Waals surface area contributed by atoms with E-state index in [2.05, 4.69) is 10.2 Å². The largest absolute Gasteiger partial charge is 0.442 e. The first-order valence-electron chi connectivity index (χ1n) is 7.13. The van der Waals surface area contributed by atoms with E-state index >= 15 is 0 Å². The van der Waals surface area contributed by atoms with Gasteiger partial charge in [0.2, 0.25) is 0 Å². The highest BCUT2D eigenvalue weighted by molar-refractivity contribution is 5.32. The molecule has 3 N–H and O–H groups in total. The molecule has 0 amide bonds. The van der Waals surface area contributed by atoms with E-state index in [4.69, 9.17) is 14.6 Å². The van der Waals surface area contributed by atoms with E-state index in [1.165, 1.54) is 24.3 Å². The molecular weight excluding hydrogens is 333 g/mol. The minimum Gasteiger partial charge on any atom is -0.394 e. The van der Waals surface area contributed by atoms with Crippen molar-refractivity contribution in [2.24, 2.45) is 10.2 Å². The van der Waals surface area contributed by atoms with Crippen molar-refractivity contribution >= 4 is 0 Å². The number of ether oxygens (including phenoxy) is 2. The number of rotatable bonds is 5. The van der Waals surface area contributed by atoms with Gasteiger partial charge in [0.05, 0.1) is 13.2 Å². The van der Waals surface area contributed by atoms with Crippen LogP contribution in [0.2, 0.25) is 0 Å². The Morgan fingerprint density at radius 1 is 1.12 bits per heavy atom. The maximum absolute atomic E-state index is 12.9. The lowest BCUT2D eigenvalue weighted by Crippen LogP contribution is -2.34. The van der Waals surface area contributed by atoms with Crippen molar-refractivity contribution in [2.45, 2.75) is 43.0 Å². The first kappa shape index (κ1) is 17.2. The lowest BCUT2D eigenvalue weighted by molar-refractivity contribution is -0.175. The van der Waals surface area contributed by atoms with Crippen molar-refractivity contribution in [3.05, 3.63) is 35.4 Å². The topological polar surface area (TPSA) is 104 Å². The molecule has 0 radical (unpaired) electrons. The minimum atomic E-state index is -4.58. The highest BCUT2D eigenvalue weighted by Crippen LogP contribution is 2.52. The van der Waals surface area contributed by atoms with Gasteiger partial charge in [0.1, 0.15) is 18.3 Å². The third-order valence-electron chi connectivity index (χ3n) is 3.96. The van der Waals surface area contributed by atoms with Gasteiger partial charge >= 0.3 is 11.8 Å². The van der Waals surface area contributed by atoms with Gasteiger partial charge in [-0.3, -0.25) is 0 Å². The number of aliphatic hydroxyl groups excluding tert-OH is 3. The van der Waals surface area contributed by atoms with Crippen molar-refractivity contribution in [1.82, 2.24) is 0 Å². The molecule has 1 saturated heterocycles. The van der Waals surface area contributed by atoms with Crippen LogP contribution < -0.4 is 0 Å². The van der Waals surface area contributed by atoms with Crippen LogP contribution in [0, 0.1) is 0 Å². The number of hydrogen-bond donors (Lipinski definition) is 3. The summed E-state index contributed by atoms with van der Waals surface area (Å²) in [5.41, 5.74) is -2.02. The summed E-state index contributed by atoms with van der Waals surface area (Å²) in [6.07, 6.45) is -9.25. The van der Waals surface area contributed by atoms with Gasteiger partial charge in [-0.1, -0.05) is 24.3 Å². The normalized spacial score (nSPS) is 31.4. The molecule has 0 spiro atoms. The molecule has 1 aromatic rings. The van der Waals surface area contributed by atoms with Gasteiger partial charge in [-0.05, 0) is 5.56 Å². The Labute approximate surface area is 134 Å². The summed E-state index contributed by atoms with van der Waals surface area (Å²) >= 11 is 0. The Balaban J connectivity index is 1.60. The monoisotopic (exact) mass is 348 g/mol. The van der Waals surface area contributed by atoms with Crippen LogP contribution in [-0.4, -0.2) is 52.7 Å². The number of alkyl halides is 3. The van der Waals surface area contributed by atoms with Gasteiger partial charge in [-0.15, -0.1) is 10.2 Å². The van der Waals surface area contributed by atoms with Crippen molar-refractivity contribution in [1.29, 1.82) is 0 Å². The van der Waals surface area contributed by atoms with Gasteiger partial charge in [0.25, 0.3) is 0 Å². The fourth-order valence-corrected chi connectivity index (χ4v) is 2.46. The molecule has 1 aromatic carbocycles. The maximum atomic E-state index is 12.9. The SMILES string of the molecule is OC[C@H]1O[C@@H](OCc2ccc(C3(C(F)(F)F)N=N3)cc2)[C@H](O)[C@@H]1O. The number of benzene rings is 1. The summed E-state index contributed by atoms with van der Waals surface area (Å²) in [4.78, 5) is 0. The van der Waals surface area contributed by atoms with E-state index in [1.54, 1.807) is 0 Å². The van der Waals surface area contributed by atoms with E-state index in [0.717, 1.165) is 0 Å². The first-order valence-corrected chi connectivity index (χ1v) is 7.13. The molecule has 4 atom stereocenters. The van der Waals surface area contributed by atoms with Crippen molar-refractivity contribution < 1.29 is 38.0 Å². The fourth-order valence-electron chi connectivity index (χ4n) is 2.46. The van der Waals surface area contributed by atoms with Crippen molar-refractivity contribution in [3.8, 4) is 0 Å². The van der Waals surface area contributed by atoms with E-state index in [0.29, 0.717) is 5.56 Å². The lowest BCUT2D eigenvalue weighted by Gasteiger charge is -2.17. The van der Waals surface area contributed by atoms with Gasteiger partial charge in [0, 0.05) is 5.56 Å². The number of nitrogens with zero attached hydrogens (tertiary/aromatic N) is 2. The third kappa shape index (κ3) is 2.91. The zero-order valence-corrected chi connectivity index (χ0v) is 12.2. The number of halogens is 3. The highest BCUT2D eigenvalue weighted by atomic mass is 19.4. The smallest absolute Gasteiger partial charge is 0.394 e. The minimum absolute atomic E-state index is 0.0554. The zero-order chi connectivity index (χ0) is 17.5.